The quantitative estimate of drug-likeness (QED) is 0.150. The molecule has 1 amide bonds. The molecular weight excluding hydrogens is 567 g/mol. The van der Waals surface area contributed by atoms with Crippen molar-refractivity contribution in [3.05, 3.63) is 80.5 Å². The monoisotopic (exact) mass is 591 g/mol. The van der Waals surface area contributed by atoms with E-state index < -0.39 is 29.2 Å². The molecule has 0 saturated carbocycles. The van der Waals surface area contributed by atoms with Crippen molar-refractivity contribution in [3.8, 4) is 5.75 Å². The summed E-state index contributed by atoms with van der Waals surface area (Å²) in [5.74, 6) is -0.729. The Hall–Kier alpha value is -3.84. The summed E-state index contributed by atoms with van der Waals surface area (Å²) in [6, 6.07) is 11.4. The predicted octanol–water partition coefficient (Wildman–Crippen LogP) is 5.75. The number of thioether (sulfide) groups is 1. The van der Waals surface area contributed by atoms with Crippen LogP contribution in [-0.4, -0.2) is 40.9 Å². The molecule has 0 spiro atoms. The second-order valence-electron chi connectivity index (χ2n) is 8.51. The van der Waals surface area contributed by atoms with E-state index >= 15 is 0 Å². The maximum Gasteiger partial charge on any atom is 0.416 e. The molecule has 0 bridgehead atoms. The Labute approximate surface area is 235 Å². The van der Waals surface area contributed by atoms with Crippen LogP contribution in [0.1, 0.15) is 33.3 Å². The molecule has 0 unspecified atom stereocenters. The number of halogens is 3. The summed E-state index contributed by atoms with van der Waals surface area (Å²) in [7, 11) is 1.54. The third-order valence-corrected chi connectivity index (χ3v) is 7.92. The molecule has 0 aliphatic heterocycles. The van der Waals surface area contributed by atoms with Gasteiger partial charge in [0.1, 0.15) is 15.5 Å². The lowest BCUT2D eigenvalue weighted by molar-refractivity contribution is -0.137. The molecule has 0 aliphatic carbocycles. The van der Waals surface area contributed by atoms with Crippen LogP contribution in [0.25, 0.3) is 10.2 Å². The fraction of sp³-hybridized carbons (Fsp3) is 0.259. The van der Waals surface area contributed by atoms with Crippen molar-refractivity contribution < 1.29 is 32.2 Å². The lowest BCUT2D eigenvalue weighted by Crippen LogP contribution is -2.25. The van der Waals surface area contributed by atoms with Crippen LogP contribution in [0.4, 0.5) is 18.9 Å². The third kappa shape index (κ3) is 6.48. The van der Waals surface area contributed by atoms with E-state index in [1.807, 2.05) is 0 Å². The van der Waals surface area contributed by atoms with Gasteiger partial charge in [-0.25, -0.2) is 9.78 Å². The molecule has 4 rings (SSSR count). The fourth-order valence-electron chi connectivity index (χ4n) is 3.85. The van der Waals surface area contributed by atoms with Gasteiger partial charge in [0.05, 0.1) is 37.0 Å². The number of aromatic nitrogens is 2. The van der Waals surface area contributed by atoms with Crippen LogP contribution in [0.2, 0.25) is 0 Å². The first kappa shape index (κ1) is 29.2. The maximum absolute atomic E-state index is 13.7. The summed E-state index contributed by atoms with van der Waals surface area (Å²) in [6.07, 6.45) is -4.55. The van der Waals surface area contributed by atoms with E-state index in [4.69, 9.17) is 9.47 Å². The number of carbonyl (C=O) groups is 2. The van der Waals surface area contributed by atoms with Crippen molar-refractivity contribution in [2.24, 2.45) is 0 Å². The Morgan fingerprint density at radius 3 is 2.52 bits per heavy atom. The minimum absolute atomic E-state index is 0.00702. The number of nitrogens with zero attached hydrogens (tertiary/aromatic N) is 2. The zero-order chi connectivity index (χ0) is 29.0. The van der Waals surface area contributed by atoms with Crippen molar-refractivity contribution in [2.45, 2.75) is 31.7 Å². The van der Waals surface area contributed by atoms with Crippen molar-refractivity contribution in [1.82, 2.24) is 9.55 Å². The number of alkyl halides is 3. The van der Waals surface area contributed by atoms with Crippen LogP contribution in [0.5, 0.6) is 5.75 Å². The molecule has 0 aliphatic rings. The van der Waals surface area contributed by atoms with Gasteiger partial charge in [0.25, 0.3) is 5.56 Å². The van der Waals surface area contributed by atoms with E-state index in [0.29, 0.717) is 16.1 Å². The molecule has 40 heavy (non-hydrogen) atoms. The number of rotatable bonds is 9. The molecule has 13 heteroatoms. The van der Waals surface area contributed by atoms with E-state index in [2.05, 4.69) is 10.3 Å². The lowest BCUT2D eigenvalue weighted by Gasteiger charge is -2.13. The van der Waals surface area contributed by atoms with Gasteiger partial charge in [0.2, 0.25) is 5.91 Å². The number of fused-ring (bicyclic) bond motifs is 1. The smallest absolute Gasteiger partial charge is 0.416 e. The summed E-state index contributed by atoms with van der Waals surface area (Å²) in [5.41, 5.74) is -0.0710. The van der Waals surface area contributed by atoms with Crippen molar-refractivity contribution in [2.75, 3.05) is 24.8 Å². The second kappa shape index (κ2) is 12.1. The molecule has 4 aromatic rings. The number of esters is 1. The highest BCUT2D eigenvalue weighted by Gasteiger charge is 2.30. The number of hydrogen-bond donors (Lipinski definition) is 1. The standard InChI is InChI=1S/C27H24F3N3O5S2/c1-4-38-25(36)22-15(2)21-23(40-22)32-26(33(24(21)35)13-16-8-10-19(37-3)11-9-16)39-14-20(34)31-18-7-5-6-17(12-18)27(28,29)30/h5-12H,4,13-14H2,1-3H3,(H,31,34). The average Bonchev–Trinajstić information content (AvgIpc) is 3.25. The molecule has 0 saturated heterocycles. The molecule has 0 atom stereocenters. The Bertz CT molecular complexity index is 1610. The van der Waals surface area contributed by atoms with Gasteiger partial charge in [-0.05, 0) is 55.3 Å². The molecule has 2 aromatic heterocycles. The molecular formula is C27H24F3N3O5S2. The van der Waals surface area contributed by atoms with Crippen LogP contribution in [0.3, 0.4) is 0 Å². The number of amides is 1. The SMILES string of the molecule is CCOC(=O)c1sc2nc(SCC(=O)Nc3cccc(C(F)(F)F)c3)n(Cc3ccc(OC)cc3)c(=O)c2c1C. The Morgan fingerprint density at radius 2 is 1.88 bits per heavy atom. The highest BCUT2D eigenvalue weighted by Crippen LogP contribution is 2.32. The van der Waals surface area contributed by atoms with E-state index in [1.165, 1.54) is 23.8 Å². The van der Waals surface area contributed by atoms with Crippen LogP contribution in [0.15, 0.2) is 58.5 Å². The second-order valence-corrected chi connectivity index (χ2v) is 10.4. The zero-order valence-electron chi connectivity index (χ0n) is 21.6. The van der Waals surface area contributed by atoms with Gasteiger partial charge in [-0.3, -0.25) is 14.2 Å². The van der Waals surface area contributed by atoms with Gasteiger partial charge in [-0.15, -0.1) is 11.3 Å². The zero-order valence-corrected chi connectivity index (χ0v) is 23.3. The van der Waals surface area contributed by atoms with Gasteiger partial charge in [0, 0.05) is 5.69 Å². The van der Waals surface area contributed by atoms with E-state index in [9.17, 15) is 27.6 Å². The highest BCUT2D eigenvalue weighted by molar-refractivity contribution is 7.99. The number of hydrogen-bond acceptors (Lipinski definition) is 8. The Balaban J connectivity index is 1.67. The molecule has 8 nitrogen and oxygen atoms in total. The number of thiophene rings is 1. The highest BCUT2D eigenvalue weighted by atomic mass is 32.2. The molecule has 0 fully saturated rings. The van der Waals surface area contributed by atoms with Crippen LogP contribution < -0.4 is 15.6 Å². The first-order valence-electron chi connectivity index (χ1n) is 12.0. The number of nitrogens with one attached hydrogen (secondary N) is 1. The van der Waals surface area contributed by atoms with Crippen LogP contribution >= 0.6 is 23.1 Å². The number of aryl methyl sites for hydroxylation is 1. The van der Waals surface area contributed by atoms with E-state index in [1.54, 1.807) is 38.1 Å². The summed E-state index contributed by atoms with van der Waals surface area (Å²) in [5, 5.41) is 2.94. The number of benzene rings is 2. The number of methoxy groups -OCH3 is 1. The summed E-state index contributed by atoms with van der Waals surface area (Å²) < 4.78 is 50.8. The Morgan fingerprint density at radius 1 is 1.15 bits per heavy atom. The van der Waals surface area contributed by atoms with Gasteiger partial charge >= 0.3 is 12.1 Å². The number of anilines is 1. The largest absolute Gasteiger partial charge is 0.497 e. The molecule has 0 radical (unpaired) electrons. The minimum Gasteiger partial charge on any atom is -0.497 e. The molecule has 2 heterocycles. The van der Waals surface area contributed by atoms with Gasteiger partial charge in [0.15, 0.2) is 5.16 Å². The topological polar surface area (TPSA) is 99.5 Å². The summed E-state index contributed by atoms with van der Waals surface area (Å²) in [4.78, 5) is 44.0. The van der Waals surface area contributed by atoms with Gasteiger partial charge < -0.3 is 14.8 Å². The summed E-state index contributed by atoms with van der Waals surface area (Å²) >= 11 is 1.98. The maximum atomic E-state index is 13.7. The van der Waals surface area contributed by atoms with Gasteiger partial charge in [-0.1, -0.05) is 30.0 Å². The minimum atomic E-state index is -4.55. The average molecular weight is 592 g/mol. The van der Waals surface area contributed by atoms with Crippen LogP contribution in [0, 0.1) is 6.92 Å². The molecule has 210 valence electrons. The first-order chi connectivity index (χ1) is 19.0. The fourth-order valence-corrected chi connectivity index (χ4v) is 5.77. The predicted molar refractivity (Wildman–Crippen MR) is 147 cm³/mol. The first-order valence-corrected chi connectivity index (χ1v) is 13.8. The molecule has 2 aromatic carbocycles. The van der Waals surface area contributed by atoms with Crippen molar-refractivity contribution in [1.29, 1.82) is 0 Å². The number of carbonyl (C=O) groups excluding carboxylic acids is 2. The number of ether oxygens (including phenoxy) is 2. The van der Waals surface area contributed by atoms with Crippen molar-refractivity contribution in [3.63, 3.8) is 0 Å². The lowest BCUT2D eigenvalue weighted by atomic mass is 10.2. The molecule has 1 N–H and O–H groups in total. The third-order valence-electron chi connectivity index (χ3n) is 5.78. The van der Waals surface area contributed by atoms with E-state index in [-0.39, 0.29) is 40.0 Å². The van der Waals surface area contributed by atoms with Gasteiger partial charge in [-0.2, -0.15) is 13.2 Å². The summed E-state index contributed by atoms with van der Waals surface area (Å²) in [6.45, 7) is 3.62. The van der Waals surface area contributed by atoms with Crippen LogP contribution in [-0.2, 0) is 22.3 Å². The van der Waals surface area contributed by atoms with E-state index in [0.717, 1.165) is 40.8 Å². The normalized spacial score (nSPS) is 11.4. The Kier molecular flexibility index (Phi) is 8.84. The van der Waals surface area contributed by atoms with Crippen molar-refractivity contribution >= 4 is 50.9 Å².